The van der Waals surface area contributed by atoms with Gasteiger partial charge in [0.05, 0.1) is 16.3 Å². The van der Waals surface area contributed by atoms with E-state index in [0.717, 1.165) is 0 Å². The molecule has 0 N–H and O–H groups in total. The van der Waals surface area contributed by atoms with Gasteiger partial charge in [-0.25, -0.2) is 4.39 Å². The molecule has 0 bridgehead atoms. The minimum atomic E-state index is -0.374. The summed E-state index contributed by atoms with van der Waals surface area (Å²) in [6, 6.07) is 6.21. The van der Waals surface area contributed by atoms with Crippen molar-refractivity contribution in [2.24, 2.45) is 0 Å². The Bertz CT molecular complexity index is 563. The van der Waals surface area contributed by atoms with Crippen LogP contribution in [-0.2, 0) is 6.42 Å². The third-order valence-electron chi connectivity index (χ3n) is 2.30. The highest BCUT2D eigenvalue weighted by molar-refractivity contribution is 9.10. The number of hydrogen-bond donors (Lipinski definition) is 0. The molecule has 0 aliphatic carbocycles. The zero-order valence-corrected chi connectivity index (χ0v) is 11.7. The first-order chi connectivity index (χ1) is 8.09. The lowest BCUT2D eigenvalue weighted by molar-refractivity contribution is 0.0991. The van der Waals surface area contributed by atoms with Crippen LogP contribution < -0.4 is 0 Å². The third kappa shape index (κ3) is 2.66. The largest absolute Gasteiger partial charge is 0.457 e. The molecule has 1 aromatic carbocycles. The number of halogens is 3. The number of benzene rings is 1. The number of hydrogen-bond acceptors (Lipinski definition) is 2. The Morgan fingerprint density at radius 2 is 2.06 bits per heavy atom. The normalized spacial score (nSPS) is 10.5. The van der Waals surface area contributed by atoms with Gasteiger partial charge in [-0.3, -0.25) is 4.79 Å². The quantitative estimate of drug-likeness (QED) is 0.760. The van der Waals surface area contributed by atoms with Crippen molar-refractivity contribution in [2.45, 2.75) is 6.42 Å². The van der Waals surface area contributed by atoms with Crippen molar-refractivity contribution in [1.29, 1.82) is 0 Å². The topological polar surface area (TPSA) is 30.2 Å². The van der Waals surface area contributed by atoms with Gasteiger partial charge >= 0.3 is 0 Å². The van der Waals surface area contributed by atoms with E-state index in [1.165, 1.54) is 12.3 Å². The van der Waals surface area contributed by atoms with Crippen molar-refractivity contribution < 1.29 is 13.6 Å². The molecule has 0 unspecified atom stereocenters. The molecular formula is C12H7Br2FO2. The molecule has 0 fully saturated rings. The summed E-state index contributed by atoms with van der Waals surface area (Å²) in [5.74, 6) is -0.501. The number of rotatable bonds is 3. The molecule has 2 nitrogen and oxygen atoms in total. The van der Waals surface area contributed by atoms with Crippen molar-refractivity contribution in [3.63, 3.8) is 0 Å². The van der Waals surface area contributed by atoms with Crippen LogP contribution in [-0.4, -0.2) is 5.78 Å². The average molecular weight is 362 g/mol. The van der Waals surface area contributed by atoms with Crippen LogP contribution in [0.1, 0.15) is 15.9 Å². The first-order valence-corrected chi connectivity index (χ1v) is 6.37. The molecule has 5 heteroatoms. The summed E-state index contributed by atoms with van der Waals surface area (Å²) in [5, 5.41) is 0. The average Bonchev–Trinajstić information content (AvgIpc) is 2.71. The summed E-state index contributed by atoms with van der Waals surface area (Å²) < 4.78 is 19.0. The van der Waals surface area contributed by atoms with Gasteiger partial charge in [0.2, 0.25) is 0 Å². The van der Waals surface area contributed by atoms with E-state index < -0.39 is 0 Å². The van der Waals surface area contributed by atoms with Crippen LogP contribution in [0.3, 0.4) is 0 Å². The smallest absolute Gasteiger partial charge is 0.179 e. The van der Waals surface area contributed by atoms with Gasteiger partial charge in [-0.1, -0.05) is 12.1 Å². The van der Waals surface area contributed by atoms with Crippen LogP contribution in [0.2, 0.25) is 0 Å². The fourth-order valence-electron chi connectivity index (χ4n) is 1.45. The highest BCUT2D eigenvalue weighted by Gasteiger charge is 2.15. The Hall–Kier alpha value is -0.940. The van der Waals surface area contributed by atoms with Gasteiger partial charge in [0, 0.05) is 6.42 Å². The molecule has 88 valence electrons. The monoisotopic (exact) mass is 360 g/mol. The van der Waals surface area contributed by atoms with Gasteiger partial charge in [-0.05, 0) is 49.6 Å². The zero-order chi connectivity index (χ0) is 12.4. The van der Waals surface area contributed by atoms with Crippen LogP contribution in [0.25, 0.3) is 0 Å². The van der Waals surface area contributed by atoms with Gasteiger partial charge in [0.25, 0.3) is 0 Å². The van der Waals surface area contributed by atoms with E-state index in [4.69, 9.17) is 4.42 Å². The molecule has 0 radical (unpaired) electrons. The van der Waals surface area contributed by atoms with Gasteiger partial charge in [-0.2, -0.15) is 0 Å². The van der Waals surface area contributed by atoms with Gasteiger partial charge < -0.3 is 4.42 Å². The molecule has 0 atom stereocenters. The van der Waals surface area contributed by atoms with Crippen LogP contribution in [0.15, 0.2) is 44.1 Å². The van der Waals surface area contributed by atoms with Crippen molar-refractivity contribution >= 4 is 37.6 Å². The lowest BCUT2D eigenvalue weighted by Gasteiger charge is -2.03. The van der Waals surface area contributed by atoms with Crippen LogP contribution >= 0.6 is 31.9 Å². The van der Waals surface area contributed by atoms with Crippen molar-refractivity contribution in [3.8, 4) is 0 Å². The summed E-state index contributed by atoms with van der Waals surface area (Å²) >= 11 is 6.27. The maximum atomic E-state index is 13.3. The first kappa shape index (κ1) is 12.5. The van der Waals surface area contributed by atoms with E-state index in [-0.39, 0.29) is 18.0 Å². The number of furan rings is 1. The lowest BCUT2D eigenvalue weighted by Crippen LogP contribution is -2.04. The molecule has 0 saturated carbocycles. The van der Waals surface area contributed by atoms with Crippen LogP contribution in [0.4, 0.5) is 4.39 Å². The fourth-order valence-corrected chi connectivity index (χ4v) is 2.31. The Kier molecular flexibility index (Phi) is 3.79. The maximum absolute atomic E-state index is 13.3. The molecular weight excluding hydrogens is 355 g/mol. The maximum Gasteiger partial charge on any atom is 0.179 e. The SMILES string of the molecule is O=C(Cc1cccc(F)c1Br)c1ccoc1Br. The Morgan fingerprint density at radius 3 is 2.71 bits per heavy atom. The highest BCUT2D eigenvalue weighted by Crippen LogP contribution is 2.24. The zero-order valence-electron chi connectivity index (χ0n) is 8.54. The van der Waals surface area contributed by atoms with Crippen molar-refractivity contribution in [1.82, 2.24) is 0 Å². The van der Waals surface area contributed by atoms with Gasteiger partial charge in [0.1, 0.15) is 5.82 Å². The number of Topliss-reactive ketones (excluding diaryl/α,β-unsaturated/α-hetero) is 1. The summed E-state index contributed by atoms with van der Waals surface area (Å²) in [5.41, 5.74) is 1.07. The highest BCUT2D eigenvalue weighted by atomic mass is 79.9. The minimum Gasteiger partial charge on any atom is -0.457 e. The second kappa shape index (κ2) is 5.14. The second-order valence-electron chi connectivity index (χ2n) is 3.42. The summed E-state index contributed by atoms with van der Waals surface area (Å²) in [7, 11) is 0. The van der Waals surface area contributed by atoms with E-state index in [1.807, 2.05) is 0 Å². The Labute approximate surface area is 114 Å². The van der Waals surface area contributed by atoms with Crippen LogP contribution in [0, 0.1) is 5.82 Å². The second-order valence-corrected chi connectivity index (χ2v) is 4.93. The molecule has 0 aliphatic heterocycles. The van der Waals surface area contributed by atoms with Gasteiger partial charge in [0.15, 0.2) is 10.5 Å². The third-order valence-corrected chi connectivity index (χ3v) is 3.80. The van der Waals surface area contributed by atoms with E-state index in [9.17, 15) is 9.18 Å². The van der Waals surface area contributed by atoms with Crippen molar-refractivity contribution in [3.05, 3.63) is 56.6 Å². The number of carbonyl (C=O) groups is 1. The summed E-state index contributed by atoms with van der Waals surface area (Å²) in [6.45, 7) is 0. The molecule has 1 heterocycles. The van der Waals surface area contributed by atoms with Crippen molar-refractivity contribution in [2.75, 3.05) is 0 Å². The summed E-state index contributed by atoms with van der Waals surface area (Å²) in [4.78, 5) is 11.9. The molecule has 0 amide bonds. The van der Waals surface area contributed by atoms with E-state index >= 15 is 0 Å². The van der Waals surface area contributed by atoms with E-state index in [1.54, 1.807) is 18.2 Å². The Morgan fingerprint density at radius 1 is 1.29 bits per heavy atom. The van der Waals surface area contributed by atoms with E-state index in [0.29, 0.717) is 20.3 Å². The molecule has 0 aliphatic rings. The van der Waals surface area contributed by atoms with Crippen LogP contribution in [0.5, 0.6) is 0 Å². The predicted octanol–water partition coefficient (Wildman–Crippen LogP) is 4.37. The summed E-state index contributed by atoms with van der Waals surface area (Å²) in [6.07, 6.45) is 1.55. The molecule has 2 rings (SSSR count). The molecule has 2 aromatic rings. The molecule has 17 heavy (non-hydrogen) atoms. The molecule has 0 saturated heterocycles. The van der Waals surface area contributed by atoms with E-state index in [2.05, 4.69) is 31.9 Å². The Balaban J connectivity index is 2.25. The minimum absolute atomic E-state index is 0.122. The number of carbonyl (C=O) groups excluding carboxylic acids is 1. The molecule has 1 aromatic heterocycles. The standard InChI is InChI=1S/C12H7Br2FO2/c13-11-7(2-1-3-9(11)15)6-10(16)8-4-5-17-12(8)14/h1-5H,6H2. The van der Waals surface area contributed by atoms with Gasteiger partial charge in [-0.15, -0.1) is 0 Å². The molecule has 0 spiro atoms. The first-order valence-electron chi connectivity index (χ1n) is 4.78. The predicted molar refractivity (Wildman–Crippen MR) is 68.5 cm³/mol. The number of ketones is 1. The lowest BCUT2D eigenvalue weighted by atomic mass is 10.1. The fraction of sp³-hybridized carbons (Fsp3) is 0.0833.